The molecule has 19 nitrogen and oxygen atoms in total. The van der Waals surface area contributed by atoms with Crippen molar-refractivity contribution >= 4 is 5.91 Å². The average molecular weight is 656 g/mol. The zero-order valence-electron chi connectivity index (χ0n) is 25.1. The molecule has 262 valence electrons. The van der Waals surface area contributed by atoms with E-state index in [0.717, 1.165) is 0 Å². The van der Waals surface area contributed by atoms with Gasteiger partial charge in [-0.2, -0.15) is 0 Å². The molecule has 16 N–H and O–H groups in total. The first-order valence-electron chi connectivity index (χ1n) is 15.0. The summed E-state index contributed by atoms with van der Waals surface area (Å²) in [6.07, 6.45) is -16.4. The molecule has 1 amide bonds. The first-order chi connectivity index (χ1) is 21.0. The van der Waals surface area contributed by atoms with Gasteiger partial charge in [0.25, 0.3) is 5.91 Å². The van der Waals surface area contributed by atoms with Gasteiger partial charge in [0, 0.05) is 31.6 Å². The highest BCUT2D eigenvalue weighted by Gasteiger charge is 2.59. The van der Waals surface area contributed by atoms with Crippen LogP contribution in [0.1, 0.15) is 19.8 Å². The highest BCUT2D eigenvalue weighted by atomic mass is 16.7. The van der Waals surface area contributed by atoms with E-state index in [1.807, 2.05) is 0 Å². The van der Waals surface area contributed by atoms with Crippen molar-refractivity contribution in [3.63, 3.8) is 0 Å². The summed E-state index contributed by atoms with van der Waals surface area (Å²) >= 11 is 0. The third kappa shape index (κ3) is 7.76. The van der Waals surface area contributed by atoms with E-state index in [-0.39, 0.29) is 32.5 Å². The topological polar surface area (TPSA) is 324 Å². The second kappa shape index (κ2) is 14.5. The third-order valence-corrected chi connectivity index (χ3v) is 9.04. The van der Waals surface area contributed by atoms with E-state index in [9.17, 15) is 45.6 Å². The van der Waals surface area contributed by atoms with Crippen LogP contribution in [0, 0.1) is 0 Å². The summed E-state index contributed by atoms with van der Waals surface area (Å²) in [7, 11) is 1.52. The fourth-order valence-corrected chi connectivity index (χ4v) is 6.10. The molecule has 4 rings (SSSR count). The number of nitrogens with one attached hydrogen (secondary N) is 3. The Morgan fingerprint density at radius 3 is 2.24 bits per heavy atom. The number of nitrogens with two attached hydrogens (primary N) is 2. The molecular formula is C26H49N5O14. The quantitative estimate of drug-likeness (QED) is 0.0928. The van der Waals surface area contributed by atoms with Gasteiger partial charge in [-0.1, -0.05) is 0 Å². The Bertz CT molecular complexity index is 1000. The first kappa shape index (κ1) is 36.6. The van der Waals surface area contributed by atoms with E-state index in [2.05, 4.69) is 16.0 Å². The molecule has 0 bridgehead atoms. The number of aliphatic hydroxyl groups excluding tert-OH is 7. The third-order valence-electron chi connectivity index (χ3n) is 9.04. The lowest BCUT2D eigenvalue weighted by atomic mass is 9.83. The van der Waals surface area contributed by atoms with Crippen LogP contribution in [-0.2, 0) is 23.7 Å². The first-order valence-corrected chi connectivity index (χ1v) is 15.0. The van der Waals surface area contributed by atoms with Crippen LogP contribution in [-0.4, -0.2) is 188 Å². The molecule has 45 heavy (non-hydrogen) atoms. The normalized spacial score (nSPS) is 49.4. The summed E-state index contributed by atoms with van der Waals surface area (Å²) < 4.78 is 23.2. The molecule has 2 aliphatic carbocycles. The van der Waals surface area contributed by atoms with Gasteiger partial charge >= 0.3 is 0 Å². The largest absolute Gasteiger partial charge is 0.394 e. The van der Waals surface area contributed by atoms with Gasteiger partial charge in [0.15, 0.2) is 18.2 Å². The van der Waals surface area contributed by atoms with Gasteiger partial charge in [-0.05, 0) is 20.4 Å². The van der Waals surface area contributed by atoms with Gasteiger partial charge in [0.05, 0.1) is 31.4 Å². The van der Waals surface area contributed by atoms with Crippen molar-refractivity contribution in [1.82, 2.24) is 16.0 Å². The van der Waals surface area contributed by atoms with Crippen LogP contribution in [0.5, 0.6) is 0 Å². The molecule has 2 saturated carbocycles. The van der Waals surface area contributed by atoms with Gasteiger partial charge in [-0.25, -0.2) is 0 Å². The number of amides is 1. The molecule has 2 aliphatic heterocycles. The van der Waals surface area contributed by atoms with Gasteiger partial charge in [-0.3, -0.25) is 4.79 Å². The van der Waals surface area contributed by atoms with E-state index in [0.29, 0.717) is 0 Å². The van der Waals surface area contributed by atoms with E-state index in [4.69, 9.17) is 35.5 Å². The molecule has 17 atom stereocenters. The number of likely N-dealkylation sites (N-methyl/N-ethyl adjacent to an activating group) is 1. The number of rotatable bonds is 12. The maximum absolute atomic E-state index is 12.9. The average Bonchev–Trinajstić information content (AvgIpc) is 3.61. The van der Waals surface area contributed by atoms with Crippen molar-refractivity contribution in [2.24, 2.45) is 11.5 Å². The van der Waals surface area contributed by atoms with Crippen LogP contribution in [0.4, 0.5) is 0 Å². The molecule has 2 heterocycles. The Labute approximate surface area is 259 Å². The highest BCUT2D eigenvalue weighted by molar-refractivity contribution is 5.89. The number of hydrogen-bond donors (Lipinski definition) is 14. The van der Waals surface area contributed by atoms with Crippen LogP contribution in [0.25, 0.3) is 0 Å². The van der Waals surface area contributed by atoms with Crippen LogP contribution < -0.4 is 27.4 Å². The predicted octanol–water partition coefficient (Wildman–Crippen LogP) is -8.40. The molecule has 4 unspecified atom stereocenters. The number of hydrogen-bond acceptors (Lipinski definition) is 18. The Morgan fingerprint density at radius 2 is 1.64 bits per heavy atom. The van der Waals surface area contributed by atoms with Crippen LogP contribution in [0.3, 0.4) is 0 Å². The van der Waals surface area contributed by atoms with Crippen molar-refractivity contribution in [2.75, 3.05) is 33.4 Å². The molecule has 0 spiro atoms. The van der Waals surface area contributed by atoms with Crippen molar-refractivity contribution in [3.05, 3.63) is 0 Å². The molecule has 0 radical (unpaired) electrons. The molecule has 0 aromatic rings. The molecular weight excluding hydrogens is 606 g/mol. The molecule has 19 heteroatoms. The summed E-state index contributed by atoms with van der Waals surface area (Å²) in [6.45, 7) is 0.484. The minimum atomic E-state index is -1.82. The number of carbonyl (C=O) groups excluding carboxylic acids is 1. The van der Waals surface area contributed by atoms with Crippen molar-refractivity contribution in [2.45, 2.75) is 123 Å². The Balaban J connectivity index is 1.52. The Kier molecular flexibility index (Phi) is 11.8. The maximum Gasteiger partial charge on any atom is 0.253 e. The molecule has 2 saturated heterocycles. The smallest absolute Gasteiger partial charge is 0.253 e. The standard InChI is InChI=1S/C26H49N5O14/c1-25(40)8-42-22(18(38)21(25)29-2)45-20-11(31-24(39)26(41)4-13(26)28)3-10(27)19(17(20)37)44-23-16(36)15(35)14(34)12(43-23)6-30-5-9(33)7-32/h9-23,29-30,32-38,40-41H,3-8,27-28H2,1-2H3,(H,31,39)/t9?,10-,11+,12+,13?,14+,15-,16+,17-,18+,19?,20-,21+,22+,23+,25-,26?/m0/s1. The zero-order valence-corrected chi connectivity index (χ0v) is 25.1. The summed E-state index contributed by atoms with van der Waals surface area (Å²) in [5.74, 6) is -0.821. The van der Waals surface area contributed by atoms with Crippen LogP contribution in [0.2, 0.25) is 0 Å². The zero-order chi connectivity index (χ0) is 33.4. The fraction of sp³-hybridized carbons (Fsp3) is 0.962. The van der Waals surface area contributed by atoms with Crippen molar-refractivity contribution < 1.29 is 69.7 Å². The Hall–Kier alpha value is -1.21. The fourth-order valence-electron chi connectivity index (χ4n) is 6.10. The van der Waals surface area contributed by atoms with E-state index >= 15 is 0 Å². The summed E-state index contributed by atoms with van der Waals surface area (Å²) in [6, 6.07) is -3.82. The van der Waals surface area contributed by atoms with Crippen LogP contribution >= 0.6 is 0 Å². The molecule has 0 aromatic carbocycles. The monoisotopic (exact) mass is 655 g/mol. The summed E-state index contributed by atoms with van der Waals surface area (Å²) in [5, 5.41) is 102. The summed E-state index contributed by atoms with van der Waals surface area (Å²) in [5.41, 5.74) is 8.78. The van der Waals surface area contributed by atoms with Gasteiger partial charge < -0.3 is 92.3 Å². The highest BCUT2D eigenvalue weighted by Crippen LogP contribution is 2.36. The predicted molar refractivity (Wildman–Crippen MR) is 150 cm³/mol. The minimum absolute atomic E-state index is 0.0148. The minimum Gasteiger partial charge on any atom is -0.394 e. The molecule has 4 fully saturated rings. The van der Waals surface area contributed by atoms with Gasteiger partial charge in [-0.15, -0.1) is 0 Å². The van der Waals surface area contributed by atoms with Crippen molar-refractivity contribution in [1.29, 1.82) is 0 Å². The second-order valence-electron chi connectivity index (χ2n) is 12.7. The van der Waals surface area contributed by atoms with Crippen molar-refractivity contribution in [3.8, 4) is 0 Å². The number of carbonyl (C=O) groups is 1. The van der Waals surface area contributed by atoms with Gasteiger partial charge in [0.1, 0.15) is 54.4 Å². The van der Waals surface area contributed by atoms with E-state index in [1.165, 1.54) is 14.0 Å². The molecule has 4 aliphatic rings. The lowest BCUT2D eigenvalue weighted by Crippen LogP contribution is -2.70. The lowest BCUT2D eigenvalue weighted by Gasteiger charge is -2.49. The number of aliphatic hydroxyl groups is 9. The van der Waals surface area contributed by atoms with Gasteiger partial charge in [0.2, 0.25) is 0 Å². The lowest BCUT2D eigenvalue weighted by molar-refractivity contribution is -0.331. The maximum atomic E-state index is 12.9. The van der Waals surface area contributed by atoms with E-state index in [1.54, 1.807) is 0 Å². The van der Waals surface area contributed by atoms with E-state index < -0.39 is 115 Å². The molecule has 0 aromatic heterocycles. The second-order valence-corrected chi connectivity index (χ2v) is 12.7. The van der Waals surface area contributed by atoms with Crippen LogP contribution in [0.15, 0.2) is 0 Å². The number of ether oxygens (including phenoxy) is 4. The SMILES string of the molecule is CN[C@@H]1[C@@H](O)[C@@H](O[C@H]2[C@H](NC(=O)C3(O)CC3N)C[C@H](N)C(O[C@H]3O[C@H](CNCC(O)CO)[C@@H](O)[C@H](O)[C@H]3O)[C@@H]2O)OC[C@]1(C)O. The summed E-state index contributed by atoms with van der Waals surface area (Å²) in [4.78, 5) is 12.9. The Morgan fingerprint density at radius 1 is 1.00 bits per heavy atom.